The molecule has 1 heterocycles. The Morgan fingerprint density at radius 2 is 2.05 bits per heavy atom. The van der Waals surface area contributed by atoms with Crippen molar-refractivity contribution in [3.05, 3.63) is 47.5 Å². The van der Waals surface area contributed by atoms with E-state index in [9.17, 15) is 0 Å². The van der Waals surface area contributed by atoms with E-state index in [4.69, 9.17) is 10.5 Å². The highest BCUT2D eigenvalue weighted by atomic mass is 16.5. The molecule has 1 aliphatic heterocycles. The predicted octanol–water partition coefficient (Wildman–Crippen LogP) is 4.06. The van der Waals surface area contributed by atoms with Crippen molar-refractivity contribution in [1.29, 1.82) is 0 Å². The number of rotatable bonds is 3. The summed E-state index contributed by atoms with van der Waals surface area (Å²) in [4.78, 5) is 2.32. The van der Waals surface area contributed by atoms with Gasteiger partial charge in [0.1, 0.15) is 5.75 Å². The number of nitrogens with two attached hydrogens (primary N) is 1. The molecule has 21 heavy (non-hydrogen) atoms. The summed E-state index contributed by atoms with van der Waals surface area (Å²) in [6.07, 6.45) is 2.29. The van der Waals surface area contributed by atoms with Gasteiger partial charge in [-0.3, -0.25) is 0 Å². The molecule has 0 radical (unpaired) electrons. The third-order valence-electron chi connectivity index (χ3n) is 3.99. The Morgan fingerprint density at radius 1 is 1.19 bits per heavy atom. The second-order valence-electron chi connectivity index (χ2n) is 5.51. The van der Waals surface area contributed by atoms with Gasteiger partial charge >= 0.3 is 0 Å². The van der Waals surface area contributed by atoms with Gasteiger partial charge in [-0.1, -0.05) is 23.8 Å². The Bertz CT molecular complexity index is 652. The zero-order valence-electron chi connectivity index (χ0n) is 12.7. The minimum atomic E-state index is 0.628. The van der Waals surface area contributed by atoms with Crippen LogP contribution in [-0.2, 0) is 6.42 Å². The van der Waals surface area contributed by atoms with Gasteiger partial charge in [-0.15, -0.1) is 0 Å². The Hall–Kier alpha value is -2.16. The van der Waals surface area contributed by atoms with Gasteiger partial charge in [0.25, 0.3) is 0 Å². The van der Waals surface area contributed by atoms with Gasteiger partial charge in [0, 0.05) is 12.2 Å². The number of hydrogen-bond donors (Lipinski definition) is 1. The number of ether oxygens (including phenoxy) is 1. The average Bonchev–Trinajstić information content (AvgIpc) is 2.49. The molecule has 0 saturated heterocycles. The first-order valence-corrected chi connectivity index (χ1v) is 7.59. The van der Waals surface area contributed by atoms with Crippen molar-refractivity contribution in [1.82, 2.24) is 0 Å². The molecule has 2 aromatic rings. The monoisotopic (exact) mass is 282 g/mol. The molecule has 0 aliphatic carbocycles. The number of anilines is 3. The van der Waals surface area contributed by atoms with Gasteiger partial charge in [0.15, 0.2) is 0 Å². The van der Waals surface area contributed by atoms with E-state index in [2.05, 4.69) is 36.1 Å². The summed E-state index contributed by atoms with van der Waals surface area (Å²) in [5, 5.41) is 0. The third kappa shape index (κ3) is 2.56. The number of fused-ring (bicyclic) bond motifs is 1. The molecule has 2 aromatic carbocycles. The van der Waals surface area contributed by atoms with E-state index in [0.717, 1.165) is 36.5 Å². The van der Waals surface area contributed by atoms with Crippen LogP contribution >= 0.6 is 0 Å². The molecule has 1 aliphatic rings. The maximum Gasteiger partial charge on any atom is 0.144 e. The fourth-order valence-electron chi connectivity index (χ4n) is 3.03. The quantitative estimate of drug-likeness (QED) is 0.863. The third-order valence-corrected chi connectivity index (χ3v) is 3.99. The van der Waals surface area contributed by atoms with Gasteiger partial charge in [-0.25, -0.2) is 0 Å². The summed E-state index contributed by atoms with van der Waals surface area (Å²) >= 11 is 0. The molecule has 2 N–H and O–H groups in total. The molecule has 0 aromatic heterocycles. The van der Waals surface area contributed by atoms with E-state index in [0.29, 0.717) is 6.61 Å². The lowest BCUT2D eigenvalue weighted by Crippen LogP contribution is -2.25. The fraction of sp³-hybridized carbons (Fsp3) is 0.333. The number of hydrogen-bond acceptors (Lipinski definition) is 3. The van der Waals surface area contributed by atoms with Crippen LogP contribution in [-0.4, -0.2) is 13.2 Å². The molecule has 3 rings (SSSR count). The predicted molar refractivity (Wildman–Crippen MR) is 88.5 cm³/mol. The van der Waals surface area contributed by atoms with Crippen molar-refractivity contribution in [2.45, 2.75) is 26.7 Å². The second-order valence-corrected chi connectivity index (χ2v) is 5.51. The highest BCUT2D eigenvalue weighted by Crippen LogP contribution is 2.40. The van der Waals surface area contributed by atoms with Crippen molar-refractivity contribution >= 4 is 17.1 Å². The number of aryl methyl sites for hydroxylation is 2. The second kappa shape index (κ2) is 5.68. The molecule has 0 amide bonds. The molecule has 0 unspecified atom stereocenters. The van der Waals surface area contributed by atoms with Crippen LogP contribution in [0.4, 0.5) is 17.1 Å². The highest BCUT2D eigenvalue weighted by Gasteiger charge is 2.21. The van der Waals surface area contributed by atoms with Crippen molar-refractivity contribution in [2.75, 3.05) is 23.8 Å². The minimum Gasteiger partial charge on any atom is -0.492 e. The van der Waals surface area contributed by atoms with Crippen LogP contribution in [0.15, 0.2) is 36.4 Å². The van der Waals surface area contributed by atoms with E-state index in [1.807, 2.05) is 19.1 Å². The molecule has 110 valence electrons. The largest absolute Gasteiger partial charge is 0.492 e. The summed E-state index contributed by atoms with van der Waals surface area (Å²) in [5.74, 6) is 0.772. The summed E-state index contributed by atoms with van der Waals surface area (Å²) in [6.45, 7) is 5.74. The topological polar surface area (TPSA) is 38.5 Å². The van der Waals surface area contributed by atoms with Crippen molar-refractivity contribution < 1.29 is 4.74 Å². The molecule has 3 nitrogen and oxygen atoms in total. The van der Waals surface area contributed by atoms with Crippen molar-refractivity contribution in [2.24, 2.45) is 0 Å². The molecule has 0 atom stereocenters. The van der Waals surface area contributed by atoms with Gasteiger partial charge in [0.2, 0.25) is 0 Å². The van der Waals surface area contributed by atoms with Crippen LogP contribution in [0.3, 0.4) is 0 Å². The Labute approximate surface area is 126 Å². The van der Waals surface area contributed by atoms with Crippen LogP contribution in [0.5, 0.6) is 5.75 Å². The molecule has 0 fully saturated rings. The maximum atomic E-state index is 6.32. The first-order chi connectivity index (χ1) is 10.2. The fourth-order valence-corrected chi connectivity index (χ4v) is 3.03. The van der Waals surface area contributed by atoms with Crippen LogP contribution in [0.1, 0.15) is 24.5 Å². The summed E-state index contributed by atoms with van der Waals surface area (Å²) < 4.78 is 5.62. The molecule has 3 heteroatoms. The lowest BCUT2D eigenvalue weighted by molar-refractivity contribution is 0.342. The van der Waals surface area contributed by atoms with Gasteiger partial charge < -0.3 is 15.4 Å². The number of para-hydroxylation sites is 1. The molecular weight excluding hydrogens is 260 g/mol. The Kier molecular flexibility index (Phi) is 3.74. The van der Waals surface area contributed by atoms with Crippen molar-refractivity contribution in [3.8, 4) is 5.75 Å². The average molecular weight is 282 g/mol. The van der Waals surface area contributed by atoms with E-state index in [1.165, 1.54) is 16.8 Å². The lowest BCUT2D eigenvalue weighted by atomic mass is 9.98. The van der Waals surface area contributed by atoms with E-state index in [-0.39, 0.29) is 0 Å². The van der Waals surface area contributed by atoms with Crippen molar-refractivity contribution in [3.63, 3.8) is 0 Å². The summed E-state index contributed by atoms with van der Waals surface area (Å²) in [6, 6.07) is 12.7. The van der Waals surface area contributed by atoms with Gasteiger partial charge in [0.05, 0.1) is 18.0 Å². The Morgan fingerprint density at radius 3 is 2.86 bits per heavy atom. The normalized spacial score (nSPS) is 13.9. The van der Waals surface area contributed by atoms with E-state index in [1.54, 1.807) is 0 Å². The Balaban J connectivity index is 2.05. The maximum absolute atomic E-state index is 6.32. The molecular formula is C18H22N2O. The number of nitrogens with zero attached hydrogens (tertiary/aromatic N) is 1. The van der Waals surface area contributed by atoms with Crippen LogP contribution in [0, 0.1) is 6.92 Å². The van der Waals surface area contributed by atoms with E-state index >= 15 is 0 Å². The zero-order chi connectivity index (χ0) is 14.8. The smallest absolute Gasteiger partial charge is 0.144 e. The summed E-state index contributed by atoms with van der Waals surface area (Å²) in [7, 11) is 0. The first kappa shape index (κ1) is 13.8. The van der Waals surface area contributed by atoms with E-state index < -0.39 is 0 Å². The zero-order valence-corrected chi connectivity index (χ0v) is 12.7. The van der Waals surface area contributed by atoms with Gasteiger partial charge in [-0.2, -0.15) is 0 Å². The molecule has 0 bridgehead atoms. The highest BCUT2D eigenvalue weighted by molar-refractivity contribution is 5.80. The number of benzene rings is 2. The lowest BCUT2D eigenvalue weighted by Gasteiger charge is -2.32. The molecule has 0 saturated carbocycles. The van der Waals surface area contributed by atoms with Crippen LogP contribution < -0.4 is 15.4 Å². The van der Waals surface area contributed by atoms with Crippen LogP contribution in [0.2, 0.25) is 0 Å². The minimum absolute atomic E-state index is 0.628. The summed E-state index contributed by atoms with van der Waals surface area (Å²) in [5.41, 5.74) is 12.1. The first-order valence-electron chi connectivity index (χ1n) is 7.59. The van der Waals surface area contributed by atoms with Gasteiger partial charge in [-0.05, 0) is 50.5 Å². The van der Waals surface area contributed by atoms with Crippen LogP contribution in [0.25, 0.3) is 0 Å². The molecule has 0 spiro atoms. The SMILES string of the molecule is CCOc1cccc(N2CCCc3cc(C)ccc32)c1N. The standard InChI is InChI=1S/C18H22N2O/c1-3-21-17-8-4-7-16(18(17)19)20-11-5-6-14-12-13(2)9-10-15(14)20/h4,7-10,12H,3,5-6,11,19H2,1-2H3. The number of nitrogen functional groups attached to an aromatic ring is 1.